The second-order valence-corrected chi connectivity index (χ2v) is 16.7. The van der Waals surface area contributed by atoms with Crippen LogP contribution in [0.2, 0.25) is 10.0 Å². The lowest BCUT2D eigenvalue weighted by Gasteiger charge is -2.23. The number of unbranched alkanes of at least 4 members (excludes halogenated alkanes) is 3. The van der Waals surface area contributed by atoms with E-state index >= 15 is 0 Å². The number of hydrogen-bond acceptors (Lipinski definition) is 23. The molecule has 0 fully saturated rings. The molecule has 0 unspecified atom stereocenters. The molecule has 0 amide bonds. The summed E-state index contributed by atoms with van der Waals surface area (Å²) in [6.45, 7) is -1.39. The van der Waals surface area contributed by atoms with Gasteiger partial charge >= 0.3 is 17.9 Å². The number of aliphatic hydroxyl groups excluding tert-OH is 15. The van der Waals surface area contributed by atoms with Crippen LogP contribution < -0.4 is 50.4 Å². The Kier molecular flexibility index (Phi) is 42.7. The van der Waals surface area contributed by atoms with E-state index < -0.39 is 111 Å². The maximum Gasteiger partial charge on any atom is 0.355 e. The highest BCUT2D eigenvalue weighted by atomic mass is 35.5. The van der Waals surface area contributed by atoms with Crippen molar-refractivity contribution in [3.63, 3.8) is 0 Å². The second-order valence-electron chi connectivity index (χ2n) is 15.7. The summed E-state index contributed by atoms with van der Waals surface area (Å²) >= 11 is 16.3. The minimum Gasteiger partial charge on any atom is -0.479 e. The van der Waals surface area contributed by atoms with Crippen LogP contribution in [0, 0.1) is 10.8 Å². The average molecular weight is 1230 g/mol. The van der Waals surface area contributed by atoms with Crippen molar-refractivity contribution >= 4 is 100 Å². The van der Waals surface area contributed by atoms with Crippen LogP contribution in [0.4, 0.5) is 11.4 Å². The van der Waals surface area contributed by atoms with E-state index in [2.05, 4.69) is 46.8 Å². The molecule has 39 heteroatoms. The van der Waals surface area contributed by atoms with E-state index in [-0.39, 0.29) is 35.8 Å². The largest absolute Gasteiger partial charge is 0.479 e. The number of nitrogens with one attached hydrogen (secondary N) is 5. The van der Waals surface area contributed by atoms with Crippen LogP contribution in [0.25, 0.3) is 0 Å². The molecule has 81 heavy (non-hydrogen) atoms. The van der Waals surface area contributed by atoms with Crippen molar-refractivity contribution in [1.29, 1.82) is 10.8 Å². The number of halogens is 3. The first-order valence-corrected chi connectivity index (χ1v) is 23.8. The van der Waals surface area contributed by atoms with Gasteiger partial charge in [0, 0.05) is 34.5 Å². The summed E-state index contributed by atoms with van der Waals surface area (Å²) in [5.41, 5.74) is 34.3. The molecule has 34 N–H and O–H groups in total. The van der Waals surface area contributed by atoms with Crippen molar-refractivity contribution < 1.29 is 105 Å². The molecule has 0 saturated carbocycles. The molecule has 0 aliphatic rings. The van der Waals surface area contributed by atoms with E-state index in [9.17, 15) is 14.4 Å². The molecule has 0 aliphatic heterocycles. The van der Waals surface area contributed by atoms with E-state index in [0.717, 1.165) is 37.1 Å². The number of nitrogens with two attached hydrogens (primary N) is 6. The average Bonchev–Trinajstić information content (AvgIpc) is 3.42. The number of rotatable bonds is 24. The normalized spacial score (nSPS) is 16.1. The summed E-state index contributed by atoms with van der Waals surface area (Å²) in [6.07, 6.45) is -19.6. The number of nitrogens with zero attached hydrogens (tertiary/aromatic N) is 4. The molecule has 0 bridgehead atoms. The Balaban J connectivity index is -0.00000107. The third-order valence-electron chi connectivity index (χ3n) is 9.17. The molecule has 2 aromatic rings. The summed E-state index contributed by atoms with van der Waals surface area (Å²) in [4.78, 5) is 47.2. The number of benzene rings is 2. The number of aliphatic hydroxyl groups is 15. The van der Waals surface area contributed by atoms with Gasteiger partial charge in [-0.3, -0.25) is 26.1 Å². The highest BCUT2D eigenvalue weighted by molar-refractivity contribution is 6.31. The fourth-order valence-corrected chi connectivity index (χ4v) is 5.23. The van der Waals surface area contributed by atoms with Crippen LogP contribution in [0.15, 0.2) is 68.5 Å². The highest BCUT2D eigenvalue weighted by Gasteiger charge is 2.36. The van der Waals surface area contributed by atoms with Crippen LogP contribution in [-0.2, 0) is 18.7 Å². The number of carbonyl (C=O) groups is 3. The predicted octanol–water partition coefficient (Wildman–Crippen LogP) is -8.17. The fourth-order valence-electron chi connectivity index (χ4n) is 4.89. The van der Waals surface area contributed by atoms with Crippen LogP contribution in [0.3, 0.4) is 0 Å². The number of guanidine groups is 6. The molecule has 12 atom stereocenters. The SMILES string of the molecule is N=C(N)NC(=N)N.NC(=NCCCCCCN=C(N)N=C(N)Nc1ccc(Cl)cc1)N=C(N)Nc1ccc(Cl)cc1.O=C(O)[C@H](O)[C@@H](O)[C@H](O)[C@H](O)CO.O=C(O)[C@H](O)[C@@H](O)[C@H](O)[C@H](O)CO.O=C(OCl)[C@H](O)[C@@H](O)[C@H](O)[C@H](O)CO. The number of carboxylic acid groups (broad SMARTS) is 2. The van der Waals surface area contributed by atoms with Gasteiger partial charge in [0.1, 0.15) is 66.8 Å². The molecule has 0 heterocycles. The molecule has 0 aromatic heterocycles. The van der Waals surface area contributed by atoms with Gasteiger partial charge < -0.3 is 136 Å². The van der Waals surface area contributed by atoms with E-state index in [4.69, 9.17) is 155 Å². The van der Waals surface area contributed by atoms with Gasteiger partial charge in [-0.25, -0.2) is 14.4 Å². The lowest BCUT2D eigenvalue weighted by molar-refractivity contribution is -0.164. The molecule has 0 radical (unpaired) electrons. The monoisotopic (exact) mass is 1230 g/mol. The zero-order valence-electron chi connectivity index (χ0n) is 42.5. The minimum absolute atomic E-state index is 0.124. The summed E-state index contributed by atoms with van der Waals surface area (Å²) in [7, 11) is 0. The Morgan fingerprint density at radius 1 is 0.494 bits per heavy atom. The fraction of sp³-hybridized carbons (Fsp3) is 0.500. The molecule has 36 nitrogen and oxygen atoms in total. The van der Waals surface area contributed by atoms with E-state index in [0.29, 0.717) is 23.1 Å². The Morgan fingerprint density at radius 3 is 1.01 bits per heavy atom. The molecular formula is C42H72Cl3N15O21. The molecule has 462 valence electrons. The maximum absolute atomic E-state index is 10.5. The first kappa shape index (κ1) is 78.6. The van der Waals surface area contributed by atoms with Crippen LogP contribution in [-0.4, -0.2) is 247 Å². The van der Waals surface area contributed by atoms with Gasteiger partial charge in [0.25, 0.3) is 0 Å². The zero-order chi connectivity index (χ0) is 63.1. The quantitative estimate of drug-likeness (QED) is 0.0264. The first-order chi connectivity index (χ1) is 37.7. The van der Waals surface area contributed by atoms with Crippen molar-refractivity contribution in [2.45, 2.75) is 98.9 Å². The molecule has 2 rings (SSSR count). The topological polar surface area (TPSA) is 694 Å². The van der Waals surface area contributed by atoms with E-state index in [1.165, 1.54) is 0 Å². The number of anilines is 2. The molecule has 0 aliphatic carbocycles. The van der Waals surface area contributed by atoms with Crippen molar-refractivity contribution in [2.75, 3.05) is 43.5 Å². The van der Waals surface area contributed by atoms with Gasteiger partial charge in [-0.2, -0.15) is 9.98 Å². The number of aliphatic carboxylic acids is 2. The molecular weight excluding hydrogens is 1160 g/mol. The van der Waals surface area contributed by atoms with Gasteiger partial charge in [-0.05, 0) is 61.4 Å². The summed E-state index contributed by atoms with van der Waals surface area (Å²) in [6, 6.07) is 14.1. The highest BCUT2D eigenvalue weighted by Crippen LogP contribution is 2.14. The van der Waals surface area contributed by atoms with E-state index in [1.54, 1.807) is 48.5 Å². The predicted molar refractivity (Wildman–Crippen MR) is 292 cm³/mol. The summed E-state index contributed by atoms with van der Waals surface area (Å²) in [5, 5.41) is 170. The van der Waals surface area contributed by atoms with Gasteiger partial charge in [0.2, 0.25) is 23.8 Å². The number of carbonyl (C=O) groups excluding carboxylic acids is 1. The minimum atomic E-state index is -2.20. The number of aliphatic imine (C=N–C) groups is 4. The van der Waals surface area contributed by atoms with Crippen molar-refractivity contribution in [2.24, 2.45) is 54.4 Å². The van der Waals surface area contributed by atoms with Crippen molar-refractivity contribution in [3.05, 3.63) is 58.6 Å². The number of hydrogen-bond donors (Lipinski definition) is 28. The standard InChI is InChI=1S/C22H30Cl2N10.C6H11ClO7.2C6H12O7.C2H7N5/c23-15-5-9-17(10-6-15)31-21(27)33-19(25)29-13-3-1-2-4-14-30-20(26)34-22(28)32-18-11-7-16(24)8-12-18;7-14-6(13)5(12)4(11)3(10)2(9)1-8;2*7-1-2(8)3(9)4(10)5(11)6(12)13;3-1(4)7-2(5)6/h5-12H,1-4,13-14H2,(H5,25,27,29,31,33)(H5,26,28,30,32,34);2-5,8-12H,1H2;2*2-5,7-11H,1H2,(H,12,13);(H7,3,4,5,6,7)/t;3*2-,3-,4+,5-;/m.111./s1. The molecule has 0 saturated heterocycles. The van der Waals surface area contributed by atoms with Crippen LogP contribution in [0.5, 0.6) is 0 Å². The summed E-state index contributed by atoms with van der Waals surface area (Å²) in [5.74, 6) is -4.88. The van der Waals surface area contributed by atoms with E-state index in [1.807, 2.05) is 5.32 Å². The third kappa shape index (κ3) is 37.1. The Labute approximate surface area is 475 Å². The number of carboxylic acids is 2. The zero-order valence-corrected chi connectivity index (χ0v) is 44.8. The summed E-state index contributed by atoms with van der Waals surface area (Å²) < 4.78 is 3.56. The van der Waals surface area contributed by atoms with Crippen molar-refractivity contribution in [1.82, 2.24) is 5.32 Å². The van der Waals surface area contributed by atoms with Gasteiger partial charge in [-0.1, -0.05) is 36.0 Å². The third-order valence-corrected chi connectivity index (χ3v) is 9.83. The Morgan fingerprint density at radius 2 is 0.778 bits per heavy atom. The maximum atomic E-state index is 10.5. The smallest absolute Gasteiger partial charge is 0.355 e. The van der Waals surface area contributed by atoms with Crippen LogP contribution >= 0.6 is 35.1 Å². The first-order valence-electron chi connectivity index (χ1n) is 22.8. The van der Waals surface area contributed by atoms with Gasteiger partial charge in [0.05, 0.1) is 19.8 Å². The second kappa shape index (κ2) is 44.1. The van der Waals surface area contributed by atoms with Crippen molar-refractivity contribution in [3.8, 4) is 0 Å². The lowest BCUT2D eigenvalue weighted by atomic mass is 10.0. The molecule has 2 aromatic carbocycles. The Hall–Kier alpha value is -6.66. The lowest BCUT2D eigenvalue weighted by Crippen LogP contribution is -2.48. The Bertz CT molecular complexity index is 2130. The van der Waals surface area contributed by atoms with Crippen LogP contribution in [0.1, 0.15) is 25.7 Å². The van der Waals surface area contributed by atoms with Gasteiger partial charge in [0.15, 0.2) is 30.2 Å². The van der Waals surface area contributed by atoms with Gasteiger partial charge in [-0.15, -0.1) is 0 Å². The molecule has 0 spiro atoms.